The van der Waals surface area contributed by atoms with E-state index in [1.54, 1.807) is 43.1 Å². The Labute approximate surface area is 168 Å². The van der Waals surface area contributed by atoms with Gasteiger partial charge in [0.1, 0.15) is 17.7 Å². The van der Waals surface area contributed by atoms with Gasteiger partial charge in [-0.05, 0) is 35.9 Å². The zero-order chi connectivity index (χ0) is 21.0. The molecule has 0 bridgehead atoms. The number of aromatic nitrogens is 2. The number of imidazole rings is 1. The van der Waals surface area contributed by atoms with E-state index < -0.39 is 27.8 Å². The summed E-state index contributed by atoms with van der Waals surface area (Å²) in [7, 11) is -1.93. The number of hydrogen-bond donors (Lipinski definition) is 2. The first-order valence-electron chi connectivity index (χ1n) is 8.95. The summed E-state index contributed by atoms with van der Waals surface area (Å²) < 4.78 is 42.3. The van der Waals surface area contributed by atoms with Crippen molar-refractivity contribution in [2.45, 2.75) is 17.9 Å². The Balaban J connectivity index is 1.95. The van der Waals surface area contributed by atoms with Gasteiger partial charge in [0, 0.05) is 31.5 Å². The van der Waals surface area contributed by atoms with E-state index in [-0.39, 0.29) is 17.0 Å². The third kappa shape index (κ3) is 4.69. The second-order valence-electron chi connectivity index (χ2n) is 6.39. The number of rotatable bonds is 7. The van der Waals surface area contributed by atoms with E-state index in [9.17, 15) is 17.6 Å². The van der Waals surface area contributed by atoms with Gasteiger partial charge in [-0.3, -0.25) is 4.79 Å². The molecule has 0 unspecified atom stereocenters. The second kappa shape index (κ2) is 8.54. The highest BCUT2D eigenvalue weighted by atomic mass is 32.2. The zero-order valence-electron chi connectivity index (χ0n) is 16.0. The number of carbonyl (C=O) groups excluding carboxylic acids is 1. The molecule has 1 amide bonds. The van der Waals surface area contributed by atoms with Crippen LogP contribution in [0.3, 0.4) is 0 Å². The first kappa shape index (κ1) is 20.7. The topological polar surface area (TPSA) is 93.1 Å². The van der Waals surface area contributed by atoms with Gasteiger partial charge in [-0.1, -0.05) is 25.1 Å². The Hall–Kier alpha value is -3.04. The van der Waals surface area contributed by atoms with Crippen molar-refractivity contribution in [1.29, 1.82) is 0 Å². The van der Waals surface area contributed by atoms with Gasteiger partial charge in [0.2, 0.25) is 10.0 Å². The average molecular weight is 416 g/mol. The van der Waals surface area contributed by atoms with E-state index in [4.69, 9.17) is 0 Å². The number of carbonyl (C=O) groups is 1. The maximum Gasteiger partial charge on any atom is 0.252 e. The van der Waals surface area contributed by atoms with Crippen LogP contribution in [0.15, 0.2) is 65.8 Å². The number of halogens is 1. The second-order valence-corrected chi connectivity index (χ2v) is 8.15. The highest BCUT2D eigenvalue weighted by molar-refractivity contribution is 7.89. The number of hydrogen-bond acceptors (Lipinski definition) is 4. The monoisotopic (exact) mass is 416 g/mol. The molecule has 0 aliphatic carbocycles. The highest BCUT2D eigenvalue weighted by Gasteiger charge is 2.23. The van der Waals surface area contributed by atoms with Crippen LogP contribution in [0.1, 0.15) is 34.7 Å². The lowest BCUT2D eigenvalue weighted by atomic mass is 10.0. The molecule has 0 aliphatic heterocycles. The number of benzene rings is 2. The molecule has 3 rings (SSSR count). The van der Waals surface area contributed by atoms with Crippen molar-refractivity contribution < 1.29 is 17.6 Å². The summed E-state index contributed by atoms with van der Waals surface area (Å²) in [5.74, 6) is -0.425. The smallest absolute Gasteiger partial charge is 0.252 e. The fraction of sp³-hybridized carbons (Fsp3) is 0.200. The maximum atomic E-state index is 13.8. The lowest BCUT2D eigenvalue weighted by Gasteiger charge is -2.19. The molecule has 0 radical (unpaired) electrons. The van der Waals surface area contributed by atoms with E-state index in [0.717, 1.165) is 0 Å². The molecule has 7 nitrogen and oxygen atoms in total. The number of nitrogens with one attached hydrogen (secondary N) is 2. The SMILES string of the molecule is CCNS(=O)(=O)c1cccc(C(=O)N[C@H](c2cccc(F)c2)c2nccn2C)c1. The summed E-state index contributed by atoms with van der Waals surface area (Å²) in [4.78, 5) is 17.2. The molecule has 1 atom stereocenters. The summed E-state index contributed by atoms with van der Waals surface area (Å²) in [6, 6.07) is 10.9. The molecule has 9 heteroatoms. The summed E-state index contributed by atoms with van der Waals surface area (Å²) in [6.45, 7) is 1.91. The molecule has 152 valence electrons. The van der Waals surface area contributed by atoms with Crippen LogP contribution in [-0.2, 0) is 17.1 Å². The quantitative estimate of drug-likeness (QED) is 0.618. The van der Waals surface area contributed by atoms with Crippen LogP contribution in [-0.4, -0.2) is 30.4 Å². The standard InChI is InChI=1S/C20H21FN4O3S/c1-3-23-29(27,28)17-9-5-7-15(13-17)20(26)24-18(19-22-10-11-25(19)2)14-6-4-8-16(21)12-14/h4-13,18,23H,3H2,1-2H3,(H,24,26)/t18-/m1/s1. The van der Waals surface area contributed by atoms with Gasteiger partial charge in [-0.2, -0.15) is 0 Å². The molecular weight excluding hydrogens is 395 g/mol. The lowest BCUT2D eigenvalue weighted by molar-refractivity contribution is 0.0941. The third-order valence-corrected chi connectivity index (χ3v) is 5.86. The zero-order valence-corrected chi connectivity index (χ0v) is 16.8. The largest absolute Gasteiger partial charge is 0.338 e. The van der Waals surface area contributed by atoms with E-state index in [1.165, 1.54) is 36.4 Å². The highest BCUT2D eigenvalue weighted by Crippen LogP contribution is 2.22. The Morgan fingerprint density at radius 2 is 1.97 bits per heavy atom. The van der Waals surface area contributed by atoms with Crippen LogP contribution in [0.4, 0.5) is 4.39 Å². The van der Waals surface area contributed by atoms with E-state index >= 15 is 0 Å². The van der Waals surface area contributed by atoms with Crippen LogP contribution in [0, 0.1) is 5.82 Å². The minimum atomic E-state index is -3.70. The molecule has 29 heavy (non-hydrogen) atoms. The van der Waals surface area contributed by atoms with Crippen molar-refractivity contribution in [3.05, 3.63) is 83.7 Å². The Morgan fingerprint density at radius 1 is 1.21 bits per heavy atom. The number of amides is 1. The van der Waals surface area contributed by atoms with Gasteiger partial charge in [0.25, 0.3) is 5.91 Å². The van der Waals surface area contributed by atoms with Crippen molar-refractivity contribution in [3.8, 4) is 0 Å². The lowest BCUT2D eigenvalue weighted by Crippen LogP contribution is -2.31. The minimum absolute atomic E-state index is 0.00806. The van der Waals surface area contributed by atoms with E-state index in [1.807, 2.05) is 0 Å². The third-order valence-electron chi connectivity index (χ3n) is 4.31. The van der Waals surface area contributed by atoms with Crippen molar-refractivity contribution in [2.24, 2.45) is 7.05 Å². The van der Waals surface area contributed by atoms with Crippen molar-refractivity contribution >= 4 is 15.9 Å². The maximum absolute atomic E-state index is 13.8. The first-order chi connectivity index (χ1) is 13.8. The summed E-state index contributed by atoms with van der Waals surface area (Å²) in [5.41, 5.74) is 0.684. The van der Waals surface area contributed by atoms with Crippen LogP contribution in [0.2, 0.25) is 0 Å². The van der Waals surface area contributed by atoms with Crippen LogP contribution in [0.25, 0.3) is 0 Å². The van der Waals surface area contributed by atoms with Crippen LogP contribution in [0.5, 0.6) is 0 Å². The Morgan fingerprint density at radius 3 is 2.62 bits per heavy atom. The molecule has 2 N–H and O–H groups in total. The fourth-order valence-electron chi connectivity index (χ4n) is 2.93. The van der Waals surface area contributed by atoms with Gasteiger partial charge >= 0.3 is 0 Å². The number of aryl methyl sites for hydroxylation is 1. The Bertz CT molecular complexity index is 1130. The number of nitrogens with zero attached hydrogens (tertiary/aromatic N) is 2. The van der Waals surface area contributed by atoms with Crippen LogP contribution >= 0.6 is 0 Å². The predicted octanol–water partition coefficient (Wildman–Crippen LogP) is 2.38. The molecule has 3 aromatic rings. The molecular formula is C20H21FN4O3S. The molecule has 0 saturated heterocycles. The van der Waals surface area contributed by atoms with Gasteiger partial charge in [0.05, 0.1) is 4.90 Å². The summed E-state index contributed by atoms with van der Waals surface area (Å²) in [6.07, 6.45) is 3.30. The fourth-order valence-corrected chi connectivity index (χ4v) is 4.02. The molecule has 0 fully saturated rings. The predicted molar refractivity (Wildman–Crippen MR) is 106 cm³/mol. The van der Waals surface area contributed by atoms with Crippen molar-refractivity contribution in [2.75, 3.05) is 6.54 Å². The molecule has 0 saturated carbocycles. The van der Waals surface area contributed by atoms with E-state index in [2.05, 4.69) is 15.0 Å². The van der Waals surface area contributed by atoms with E-state index in [0.29, 0.717) is 11.4 Å². The average Bonchev–Trinajstić information content (AvgIpc) is 3.11. The van der Waals surface area contributed by atoms with Crippen molar-refractivity contribution in [1.82, 2.24) is 19.6 Å². The molecule has 1 aromatic heterocycles. The van der Waals surface area contributed by atoms with Crippen LogP contribution < -0.4 is 10.0 Å². The van der Waals surface area contributed by atoms with Crippen molar-refractivity contribution in [3.63, 3.8) is 0 Å². The van der Waals surface area contributed by atoms with Gasteiger partial charge < -0.3 is 9.88 Å². The van der Waals surface area contributed by atoms with Gasteiger partial charge in [-0.15, -0.1) is 0 Å². The summed E-state index contributed by atoms with van der Waals surface area (Å²) in [5, 5.41) is 2.83. The van der Waals surface area contributed by atoms with Gasteiger partial charge in [0.15, 0.2) is 0 Å². The molecule has 0 aliphatic rings. The molecule has 2 aromatic carbocycles. The molecule has 1 heterocycles. The summed E-state index contributed by atoms with van der Waals surface area (Å²) >= 11 is 0. The molecule has 0 spiro atoms. The number of sulfonamides is 1. The Kier molecular flexibility index (Phi) is 6.09. The normalized spacial score (nSPS) is 12.5. The first-order valence-corrected chi connectivity index (χ1v) is 10.4. The minimum Gasteiger partial charge on any atom is -0.338 e. The van der Waals surface area contributed by atoms with Gasteiger partial charge in [-0.25, -0.2) is 22.5 Å².